The SMILES string of the molecule is Cc1cc(C(=O)O[C@@H](C)C(=O)Nc2ccc(F)cc2)c(C)n1Cc1ccco1. The number of hydrogen-bond acceptors (Lipinski definition) is 4. The topological polar surface area (TPSA) is 73.5 Å². The van der Waals surface area contributed by atoms with Crippen molar-refractivity contribution in [3.63, 3.8) is 0 Å². The number of ether oxygens (including phenoxy) is 1. The van der Waals surface area contributed by atoms with E-state index in [1.54, 1.807) is 18.4 Å². The van der Waals surface area contributed by atoms with E-state index in [0.717, 1.165) is 17.1 Å². The predicted molar refractivity (Wildman–Crippen MR) is 102 cm³/mol. The standard InChI is InChI=1S/C21H21FN2O4/c1-13-11-19(14(2)24(13)12-18-5-4-10-27-18)21(26)28-15(3)20(25)23-17-8-6-16(22)7-9-17/h4-11,15H,12H2,1-3H3,(H,23,25)/t15-/m0/s1. The Labute approximate surface area is 161 Å². The summed E-state index contributed by atoms with van der Waals surface area (Å²) in [4.78, 5) is 24.8. The fourth-order valence-corrected chi connectivity index (χ4v) is 2.86. The van der Waals surface area contributed by atoms with Gasteiger partial charge in [0.1, 0.15) is 11.6 Å². The Morgan fingerprint density at radius 1 is 1.21 bits per heavy atom. The molecule has 7 heteroatoms. The maximum Gasteiger partial charge on any atom is 0.340 e. The average Bonchev–Trinajstić information content (AvgIpc) is 3.27. The van der Waals surface area contributed by atoms with E-state index in [-0.39, 0.29) is 0 Å². The fourth-order valence-electron chi connectivity index (χ4n) is 2.86. The van der Waals surface area contributed by atoms with Crippen molar-refractivity contribution in [3.05, 3.63) is 77.3 Å². The number of rotatable bonds is 6. The molecule has 6 nitrogen and oxygen atoms in total. The van der Waals surface area contributed by atoms with Crippen LogP contribution in [0.4, 0.5) is 10.1 Å². The summed E-state index contributed by atoms with van der Waals surface area (Å²) in [5, 5.41) is 2.59. The molecule has 0 bridgehead atoms. The third-order valence-electron chi connectivity index (χ3n) is 4.45. The Morgan fingerprint density at radius 2 is 1.93 bits per heavy atom. The molecule has 0 aliphatic carbocycles. The van der Waals surface area contributed by atoms with E-state index in [9.17, 15) is 14.0 Å². The van der Waals surface area contributed by atoms with E-state index in [2.05, 4.69) is 5.32 Å². The number of benzene rings is 1. The van der Waals surface area contributed by atoms with Gasteiger partial charge in [-0.2, -0.15) is 0 Å². The number of carbonyl (C=O) groups excluding carboxylic acids is 2. The second-order valence-electron chi connectivity index (χ2n) is 6.49. The largest absolute Gasteiger partial charge is 0.467 e. The zero-order valence-electron chi connectivity index (χ0n) is 15.9. The molecule has 2 aromatic heterocycles. The van der Waals surface area contributed by atoms with Gasteiger partial charge in [0.25, 0.3) is 5.91 Å². The van der Waals surface area contributed by atoms with Crippen molar-refractivity contribution in [2.75, 3.05) is 5.32 Å². The van der Waals surface area contributed by atoms with Gasteiger partial charge >= 0.3 is 5.97 Å². The minimum atomic E-state index is -1.01. The number of esters is 1. The predicted octanol–water partition coefficient (Wildman–Crippen LogP) is 4.07. The molecule has 1 aromatic carbocycles. The summed E-state index contributed by atoms with van der Waals surface area (Å²) in [5.41, 5.74) is 2.42. The van der Waals surface area contributed by atoms with Crippen LogP contribution in [0, 0.1) is 19.7 Å². The van der Waals surface area contributed by atoms with Crippen molar-refractivity contribution in [3.8, 4) is 0 Å². The van der Waals surface area contributed by atoms with Gasteiger partial charge < -0.3 is 19.0 Å². The molecule has 0 aliphatic rings. The molecule has 3 rings (SSSR count). The Morgan fingerprint density at radius 3 is 2.57 bits per heavy atom. The Kier molecular flexibility index (Phi) is 5.63. The first-order valence-electron chi connectivity index (χ1n) is 8.81. The zero-order valence-corrected chi connectivity index (χ0v) is 15.9. The quantitative estimate of drug-likeness (QED) is 0.650. The first kappa shape index (κ1) is 19.4. The van der Waals surface area contributed by atoms with Crippen LogP contribution in [0.2, 0.25) is 0 Å². The number of nitrogens with zero attached hydrogens (tertiary/aromatic N) is 1. The number of anilines is 1. The number of aryl methyl sites for hydroxylation is 1. The molecule has 0 saturated heterocycles. The summed E-state index contributed by atoms with van der Waals surface area (Å²) in [6.45, 7) is 5.69. The maximum absolute atomic E-state index is 12.9. The molecular weight excluding hydrogens is 363 g/mol. The monoisotopic (exact) mass is 384 g/mol. The summed E-state index contributed by atoms with van der Waals surface area (Å²) >= 11 is 0. The lowest BCUT2D eigenvalue weighted by atomic mass is 10.2. The van der Waals surface area contributed by atoms with Crippen molar-refractivity contribution < 1.29 is 23.1 Å². The van der Waals surface area contributed by atoms with Crippen LogP contribution < -0.4 is 5.32 Å². The highest BCUT2D eigenvalue weighted by Gasteiger charge is 2.23. The van der Waals surface area contributed by atoms with Crippen molar-refractivity contribution in [2.45, 2.75) is 33.4 Å². The Bertz CT molecular complexity index is 975. The van der Waals surface area contributed by atoms with E-state index in [4.69, 9.17) is 9.15 Å². The fraction of sp³-hybridized carbons (Fsp3) is 0.238. The van der Waals surface area contributed by atoms with Gasteiger partial charge in [0.05, 0.1) is 18.4 Å². The van der Waals surface area contributed by atoms with Gasteiger partial charge in [0.2, 0.25) is 0 Å². The molecule has 0 unspecified atom stereocenters. The zero-order chi connectivity index (χ0) is 20.3. The minimum Gasteiger partial charge on any atom is -0.467 e. The van der Waals surface area contributed by atoms with Crippen molar-refractivity contribution in [2.24, 2.45) is 0 Å². The molecule has 1 atom stereocenters. The van der Waals surface area contributed by atoms with Crippen molar-refractivity contribution in [1.29, 1.82) is 0 Å². The molecule has 146 valence electrons. The summed E-state index contributed by atoms with van der Waals surface area (Å²) in [7, 11) is 0. The third-order valence-corrected chi connectivity index (χ3v) is 4.45. The van der Waals surface area contributed by atoms with Crippen LogP contribution in [0.15, 0.2) is 53.1 Å². The van der Waals surface area contributed by atoms with E-state index >= 15 is 0 Å². The second-order valence-corrected chi connectivity index (χ2v) is 6.49. The van der Waals surface area contributed by atoms with Gasteiger partial charge in [-0.15, -0.1) is 0 Å². The molecule has 2 heterocycles. The molecule has 3 aromatic rings. The normalized spacial score (nSPS) is 11.9. The highest BCUT2D eigenvalue weighted by Crippen LogP contribution is 2.19. The van der Waals surface area contributed by atoms with Crippen molar-refractivity contribution in [1.82, 2.24) is 4.57 Å². The van der Waals surface area contributed by atoms with Gasteiger partial charge in [0.15, 0.2) is 6.10 Å². The van der Waals surface area contributed by atoms with Crippen molar-refractivity contribution >= 4 is 17.6 Å². The Hall–Kier alpha value is -3.35. The second kappa shape index (κ2) is 8.12. The highest BCUT2D eigenvalue weighted by atomic mass is 19.1. The molecule has 28 heavy (non-hydrogen) atoms. The summed E-state index contributed by atoms with van der Waals surface area (Å²) in [5.74, 6) is -0.707. The van der Waals surface area contributed by atoms with Crippen LogP contribution in [0.25, 0.3) is 0 Å². The van der Waals surface area contributed by atoms with Gasteiger partial charge in [0, 0.05) is 17.1 Å². The molecule has 0 fully saturated rings. The smallest absolute Gasteiger partial charge is 0.340 e. The number of halogens is 1. The number of carbonyl (C=O) groups is 2. The first-order chi connectivity index (χ1) is 13.3. The van der Waals surface area contributed by atoms with Crippen LogP contribution in [0.1, 0.15) is 34.4 Å². The van der Waals surface area contributed by atoms with E-state index in [1.807, 2.05) is 24.5 Å². The summed E-state index contributed by atoms with van der Waals surface area (Å²) < 4.78 is 25.6. The molecule has 0 aliphatic heterocycles. The lowest BCUT2D eigenvalue weighted by molar-refractivity contribution is -0.123. The number of amides is 1. The first-order valence-corrected chi connectivity index (χ1v) is 8.81. The van der Waals surface area contributed by atoms with Crippen LogP contribution in [0.5, 0.6) is 0 Å². The molecule has 0 radical (unpaired) electrons. The lowest BCUT2D eigenvalue weighted by Gasteiger charge is -2.14. The van der Waals surface area contributed by atoms with E-state index in [0.29, 0.717) is 17.8 Å². The van der Waals surface area contributed by atoms with Crippen LogP contribution in [-0.4, -0.2) is 22.5 Å². The lowest BCUT2D eigenvalue weighted by Crippen LogP contribution is -2.30. The Balaban J connectivity index is 1.66. The summed E-state index contributed by atoms with van der Waals surface area (Å²) in [6.07, 6.45) is 0.589. The van der Waals surface area contributed by atoms with Crippen LogP contribution >= 0.6 is 0 Å². The molecule has 1 amide bonds. The number of aromatic nitrogens is 1. The van der Waals surface area contributed by atoms with Gasteiger partial charge in [-0.05, 0) is 63.2 Å². The van der Waals surface area contributed by atoms with Gasteiger partial charge in [-0.1, -0.05) is 0 Å². The molecular formula is C21H21FN2O4. The number of hydrogen-bond donors (Lipinski definition) is 1. The highest BCUT2D eigenvalue weighted by molar-refractivity contribution is 5.97. The number of furan rings is 1. The van der Waals surface area contributed by atoms with Gasteiger partial charge in [-0.25, -0.2) is 9.18 Å². The minimum absolute atomic E-state index is 0.394. The molecule has 0 spiro atoms. The number of nitrogens with one attached hydrogen (secondary N) is 1. The van der Waals surface area contributed by atoms with Crippen LogP contribution in [-0.2, 0) is 16.1 Å². The molecule has 1 N–H and O–H groups in total. The van der Waals surface area contributed by atoms with Gasteiger partial charge in [-0.3, -0.25) is 4.79 Å². The maximum atomic E-state index is 12.9. The average molecular weight is 384 g/mol. The summed E-state index contributed by atoms with van der Waals surface area (Å²) in [6, 6.07) is 10.7. The molecule has 0 saturated carbocycles. The van der Waals surface area contributed by atoms with E-state index < -0.39 is 23.8 Å². The van der Waals surface area contributed by atoms with E-state index in [1.165, 1.54) is 31.2 Å². The third kappa shape index (κ3) is 4.31. The van der Waals surface area contributed by atoms with Crippen LogP contribution in [0.3, 0.4) is 0 Å².